The van der Waals surface area contributed by atoms with Gasteiger partial charge in [-0.25, -0.2) is 0 Å². The standard InChI is InChI=1S/C10H15N3OS/c1-13(2)10(14)4-6-15-9-3-5-12-7-8(9)11/h3,5,7H,4,6,11H2,1-2H3. The molecule has 0 unspecified atom stereocenters. The third-order valence-corrected chi connectivity index (χ3v) is 2.97. The fraction of sp³-hybridized carbons (Fsp3) is 0.400. The van der Waals surface area contributed by atoms with Crippen LogP contribution in [0.25, 0.3) is 0 Å². The van der Waals surface area contributed by atoms with Gasteiger partial charge >= 0.3 is 0 Å². The molecule has 0 fully saturated rings. The van der Waals surface area contributed by atoms with Crippen molar-refractivity contribution in [1.82, 2.24) is 9.88 Å². The molecule has 5 heteroatoms. The van der Waals surface area contributed by atoms with Crippen molar-refractivity contribution < 1.29 is 4.79 Å². The minimum absolute atomic E-state index is 0.134. The second-order valence-electron chi connectivity index (χ2n) is 3.30. The number of hydrogen-bond donors (Lipinski definition) is 1. The zero-order valence-electron chi connectivity index (χ0n) is 8.93. The maximum atomic E-state index is 11.3. The Morgan fingerprint density at radius 2 is 2.33 bits per heavy atom. The molecule has 0 aliphatic carbocycles. The molecule has 4 nitrogen and oxygen atoms in total. The monoisotopic (exact) mass is 225 g/mol. The third kappa shape index (κ3) is 3.79. The predicted molar refractivity (Wildman–Crippen MR) is 62.7 cm³/mol. The van der Waals surface area contributed by atoms with Crippen molar-refractivity contribution >= 4 is 23.4 Å². The Balaban J connectivity index is 2.38. The Morgan fingerprint density at radius 1 is 1.60 bits per heavy atom. The lowest BCUT2D eigenvalue weighted by molar-refractivity contribution is -0.128. The molecule has 0 aliphatic heterocycles. The maximum Gasteiger partial charge on any atom is 0.222 e. The van der Waals surface area contributed by atoms with E-state index in [1.54, 1.807) is 43.2 Å². The molecule has 82 valence electrons. The van der Waals surface area contributed by atoms with Gasteiger partial charge < -0.3 is 10.6 Å². The van der Waals surface area contributed by atoms with Crippen LogP contribution in [0, 0.1) is 0 Å². The number of amides is 1. The average molecular weight is 225 g/mol. The molecule has 0 saturated carbocycles. The Morgan fingerprint density at radius 3 is 2.93 bits per heavy atom. The summed E-state index contributed by atoms with van der Waals surface area (Å²) in [5, 5.41) is 0. The summed E-state index contributed by atoms with van der Waals surface area (Å²) < 4.78 is 0. The molecule has 0 saturated heterocycles. The second-order valence-corrected chi connectivity index (χ2v) is 4.44. The van der Waals surface area contributed by atoms with Crippen LogP contribution in [0.5, 0.6) is 0 Å². The fourth-order valence-corrected chi connectivity index (χ4v) is 1.87. The average Bonchev–Trinajstić information content (AvgIpc) is 2.20. The SMILES string of the molecule is CN(C)C(=O)CCSc1ccncc1N. The van der Waals surface area contributed by atoms with Gasteiger partial charge in [0.1, 0.15) is 0 Å². The number of anilines is 1. The van der Waals surface area contributed by atoms with E-state index in [1.165, 1.54) is 0 Å². The minimum atomic E-state index is 0.134. The van der Waals surface area contributed by atoms with E-state index in [-0.39, 0.29) is 5.91 Å². The van der Waals surface area contributed by atoms with Crippen molar-refractivity contribution in [3.8, 4) is 0 Å². The molecule has 0 aromatic carbocycles. The van der Waals surface area contributed by atoms with Crippen LogP contribution in [0.15, 0.2) is 23.4 Å². The van der Waals surface area contributed by atoms with E-state index in [4.69, 9.17) is 5.73 Å². The molecule has 1 heterocycles. The van der Waals surface area contributed by atoms with E-state index in [0.29, 0.717) is 12.1 Å². The number of pyridine rings is 1. The van der Waals surface area contributed by atoms with Crippen LogP contribution in [-0.2, 0) is 4.79 Å². The number of hydrogen-bond acceptors (Lipinski definition) is 4. The molecule has 0 radical (unpaired) electrons. The quantitative estimate of drug-likeness (QED) is 0.783. The number of nitrogens with zero attached hydrogens (tertiary/aromatic N) is 2. The van der Waals surface area contributed by atoms with Gasteiger partial charge in [-0.2, -0.15) is 0 Å². The molecule has 1 aromatic heterocycles. The number of nitrogens with two attached hydrogens (primary N) is 1. The van der Waals surface area contributed by atoms with Gasteiger partial charge in [-0.3, -0.25) is 9.78 Å². The summed E-state index contributed by atoms with van der Waals surface area (Å²) in [6, 6.07) is 1.86. The first-order chi connectivity index (χ1) is 7.11. The van der Waals surface area contributed by atoms with Crippen molar-refractivity contribution in [2.45, 2.75) is 11.3 Å². The molecule has 0 spiro atoms. The molecule has 1 rings (SSSR count). The molecule has 1 aromatic rings. The number of carbonyl (C=O) groups is 1. The van der Waals surface area contributed by atoms with Crippen LogP contribution in [-0.4, -0.2) is 35.6 Å². The number of thioether (sulfide) groups is 1. The molecular weight excluding hydrogens is 210 g/mol. The largest absolute Gasteiger partial charge is 0.397 e. The van der Waals surface area contributed by atoms with Gasteiger partial charge in [0.15, 0.2) is 0 Å². The summed E-state index contributed by atoms with van der Waals surface area (Å²) >= 11 is 1.58. The second kappa shape index (κ2) is 5.60. The summed E-state index contributed by atoms with van der Waals surface area (Å²) in [5.74, 6) is 0.876. The molecule has 1 amide bonds. The fourth-order valence-electron chi connectivity index (χ4n) is 0.997. The van der Waals surface area contributed by atoms with E-state index in [2.05, 4.69) is 4.98 Å². The molecule has 0 aliphatic rings. The van der Waals surface area contributed by atoms with Crippen molar-refractivity contribution in [3.63, 3.8) is 0 Å². The first kappa shape index (κ1) is 11.8. The van der Waals surface area contributed by atoms with Gasteiger partial charge in [-0.1, -0.05) is 0 Å². The van der Waals surface area contributed by atoms with E-state index >= 15 is 0 Å². The lowest BCUT2D eigenvalue weighted by Crippen LogP contribution is -2.21. The smallest absolute Gasteiger partial charge is 0.222 e. The summed E-state index contributed by atoms with van der Waals surface area (Å²) in [7, 11) is 3.52. The van der Waals surface area contributed by atoms with Gasteiger partial charge in [-0.05, 0) is 6.07 Å². The molecule has 0 bridgehead atoms. The van der Waals surface area contributed by atoms with E-state index < -0.39 is 0 Å². The zero-order valence-corrected chi connectivity index (χ0v) is 9.75. The van der Waals surface area contributed by atoms with Gasteiger partial charge in [0.05, 0.1) is 11.9 Å². The number of aromatic nitrogens is 1. The Hall–Kier alpha value is -1.23. The highest BCUT2D eigenvalue weighted by atomic mass is 32.2. The summed E-state index contributed by atoms with van der Waals surface area (Å²) in [4.78, 5) is 17.8. The van der Waals surface area contributed by atoms with Crippen LogP contribution in [0.4, 0.5) is 5.69 Å². The minimum Gasteiger partial charge on any atom is -0.397 e. The van der Waals surface area contributed by atoms with Crippen LogP contribution in [0.3, 0.4) is 0 Å². The maximum absolute atomic E-state index is 11.3. The summed E-state index contributed by atoms with van der Waals surface area (Å²) in [5.41, 5.74) is 6.39. The highest BCUT2D eigenvalue weighted by molar-refractivity contribution is 7.99. The molecule has 15 heavy (non-hydrogen) atoms. The Labute approximate surface area is 93.9 Å². The van der Waals surface area contributed by atoms with Crippen molar-refractivity contribution in [2.24, 2.45) is 0 Å². The van der Waals surface area contributed by atoms with E-state index in [9.17, 15) is 4.79 Å². The Kier molecular flexibility index (Phi) is 4.42. The topological polar surface area (TPSA) is 59.2 Å². The Bertz CT molecular complexity index is 341. The van der Waals surface area contributed by atoms with Crippen molar-refractivity contribution in [3.05, 3.63) is 18.5 Å². The lowest BCUT2D eigenvalue weighted by atomic mass is 10.4. The number of nitrogen functional groups attached to an aromatic ring is 1. The normalized spacial score (nSPS) is 10.0. The predicted octanol–water partition coefficient (Wildman–Crippen LogP) is 1.23. The highest BCUT2D eigenvalue weighted by Crippen LogP contribution is 2.23. The van der Waals surface area contributed by atoms with Gasteiger partial charge in [0, 0.05) is 37.4 Å². The summed E-state index contributed by atoms with van der Waals surface area (Å²) in [6.07, 6.45) is 3.85. The van der Waals surface area contributed by atoms with Crippen LogP contribution >= 0.6 is 11.8 Å². The zero-order chi connectivity index (χ0) is 11.3. The van der Waals surface area contributed by atoms with Crippen LogP contribution in [0.1, 0.15) is 6.42 Å². The summed E-state index contributed by atoms with van der Waals surface area (Å²) in [6.45, 7) is 0. The van der Waals surface area contributed by atoms with Gasteiger partial charge in [-0.15, -0.1) is 11.8 Å². The van der Waals surface area contributed by atoms with Gasteiger partial charge in [0.25, 0.3) is 0 Å². The lowest BCUT2D eigenvalue weighted by Gasteiger charge is -2.09. The first-order valence-corrected chi connectivity index (χ1v) is 5.62. The third-order valence-electron chi connectivity index (χ3n) is 1.88. The van der Waals surface area contributed by atoms with E-state index in [0.717, 1.165) is 10.6 Å². The molecular formula is C10H15N3OS. The van der Waals surface area contributed by atoms with Gasteiger partial charge in [0.2, 0.25) is 5.91 Å². The number of rotatable bonds is 4. The van der Waals surface area contributed by atoms with E-state index in [1.807, 2.05) is 6.07 Å². The highest BCUT2D eigenvalue weighted by Gasteiger charge is 2.05. The van der Waals surface area contributed by atoms with Crippen molar-refractivity contribution in [2.75, 3.05) is 25.6 Å². The number of carbonyl (C=O) groups excluding carboxylic acids is 1. The molecule has 2 N–H and O–H groups in total. The van der Waals surface area contributed by atoms with Crippen LogP contribution in [0.2, 0.25) is 0 Å². The van der Waals surface area contributed by atoms with Crippen molar-refractivity contribution in [1.29, 1.82) is 0 Å². The van der Waals surface area contributed by atoms with Crippen LogP contribution < -0.4 is 5.73 Å². The first-order valence-electron chi connectivity index (χ1n) is 4.63. The molecule has 0 atom stereocenters.